The number of hydrogen-bond acceptors (Lipinski definition) is 4. The van der Waals surface area contributed by atoms with Gasteiger partial charge in [0, 0.05) is 18.0 Å². The molecule has 21 heavy (non-hydrogen) atoms. The van der Waals surface area contributed by atoms with E-state index < -0.39 is 5.97 Å². The zero-order valence-electron chi connectivity index (χ0n) is 11.8. The van der Waals surface area contributed by atoms with Gasteiger partial charge in [-0.15, -0.1) is 11.3 Å². The molecular weight excluding hydrogens is 292 g/mol. The Kier molecular flexibility index (Phi) is 6.01. The summed E-state index contributed by atoms with van der Waals surface area (Å²) < 4.78 is 5.50. The highest BCUT2D eigenvalue weighted by atomic mass is 32.1. The number of hydrogen-bond donors (Lipinski definition) is 2. The highest BCUT2D eigenvalue weighted by Crippen LogP contribution is 2.14. The van der Waals surface area contributed by atoms with Gasteiger partial charge in [-0.05, 0) is 24.3 Å². The molecule has 1 aromatic heterocycles. The summed E-state index contributed by atoms with van der Waals surface area (Å²) in [5.41, 5.74) is 0. The lowest BCUT2D eigenvalue weighted by Crippen LogP contribution is -2.45. The van der Waals surface area contributed by atoms with E-state index >= 15 is 0 Å². The number of amides is 2. The van der Waals surface area contributed by atoms with Crippen LogP contribution in [0.25, 0.3) is 0 Å². The maximum absolute atomic E-state index is 12.0. The molecule has 116 valence electrons. The molecule has 1 aromatic rings. The van der Waals surface area contributed by atoms with Gasteiger partial charge in [-0.1, -0.05) is 6.07 Å². The van der Waals surface area contributed by atoms with Crippen LogP contribution in [0.5, 0.6) is 0 Å². The number of ether oxygens (including phenoxy) is 1. The lowest BCUT2D eigenvalue weighted by Gasteiger charge is -2.31. The van der Waals surface area contributed by atoms with Gasteiger partial charge in [-0.2, -0.15) is 0 Å². The number of carboxylic acid groups (broad SMARTS) is 1. The van der Waals surface area contributed by atoms with Crippen LogP contribution in [0.1, 0.15) is 24.1 Å². The van der Waals surface area contributed by atoms with E-state index in [1.807, 2.05) is 17.5 Å². The molecule has 0 bridgehead atoms. The first-order valence-corrected chi connectivity index (χ1v) is 7.91. The Morgan fingerprint density at radius 3 is 2.81 bits per heavy atom. The number of nitrogens with one attached hydrogen (secondary N) is 1. The fraction of sp³-hybridized carbons (Fsp3) is 0.571. The van der Waals surface area contributed by atoms with Gasteiger partial charge in [0.1, 0.15) is 0 Å². The molecule has 2 rings (SSSR count). The fourth-order valence-electron chi connectivity index (χ4n) is 2.23. The molecule has 0 atom stereocenters. The third-order valence-corrected chi connectivity index (χ3v) is 4.27. The van der Waals surface area contributed by atoms with Crippen molar-refractivity contribution in [3.8, 4) is 0 Å². The second-order valence-electron chi connectivity index (χ2n) is 4.94. The summed E-state index contributed by atoms with van der Waals surface area (Å²) in [6.07, 6.45) is 1.60. The zero-order chi connectivity index (χ0) is 15.1. The van der Waals surface area contributed by atoms with E-state index in [4.69, 9.17) is 9.84 Å². The molecule has 1 aliphatic rings. The van der Waals surface area contributed by atoms with E-state index in [0.717, 1.165) is 17.7 Å². The molecule has 0 aliphatic carbocycles. The average molecular weight is 312 g/mol. The highest BCUT2D eigenvalue weighted by molar-refractivity contribution is 7.09. The Hall–Kier alpha value is -1.60. The molecule has 1 aliphatic heterocycles. The first-order valence-electron chi connectivity index (χ1n) is 7.03. The van der Waals surface area contributed by atoms with Crippen LogP contribution in [0.3, 0.4) is 0 Å². The smallest absolute Gasteiger partial charge is 0.317 e. The largest absolute Gasteiger partial charge is 0.481 e. The minimum atomic E-state index is -0.847. The maximum Gasteiger partial charge on any atom is 0.317 e. The number of nitrogens with zero attached hydrogens (tertiary/aromatic N) is 1. The Bertz CT molecular complexity index is 456. The van der Waals surface area contributed by atoms with Crippen LogP contribution in [0, 0.1) is 0 Å². The van der Waals surface area contributed by atoms with Crippen LogP contribution in [0.4, 0.5) is 4.79 Å². The Labute approximate surface area is 127 Å². The van der Waals surface area contributed by atoms with Crippen molar-refractivity contribution in [3.63, 3.8) is 0 Å². The highest BCUT2D eigenvalue weighted by Gasteiger charge is 2.23. The third-order valence-electron chi connectivity index (χ3n) is 3.39. The predicted octanol–water partition coefficient (Wildman–Crippen LogP) is 1.91. The van der Waals surface area contributed by atoms with Gasteiger partial charge in [0.2, 0.25) is 0 Å². The van der Waals surface area contributed by atoms with Crippen molar-refractivity contribution in [2.45, 2.75) is 31.9 Å². The van der Waals surface area contributed by atoms with Gasteiger partial charge in [-0.3, -0.25) is 4.79 Å². The van der Waals surface area contributed by atoms with Gasteiger partial charge in [0.15, 0.2) is 0 Å². The molecule has 0 radical (unpaired) electrons. The maximum atomic E-state index is 12.0. The van der Waals surface area contributed by atoms with Crippen molar-refractivity contribution in [3.05, 3.63) is 22.4 Å². The van der Waals surface area contributed by atoms with Crippen molar-refractivity contribution in [1.82, 2.24) is 10.2 Å². The lowest BCUT2D eigenvalue weighted by atomic mass is 10.1. The number of carboxylic acids is 1. The van der Waals surface area contributed by atoms with Crippen LogP contribution in [0.15, 0.2) is 17.5 Å². The number of likely N-dealkylation sites (tertiary alicyclic amines) is 1. The first-order chi connectivity index (χ1) is 10.1. The van der Waals surface area contributed by atoms with Crippen LogP contribution in [-0.2, 0) is 16.1 Å². The van der Waals surface area contributed by atoms with Crippen molar-refractivity contribution in [2.24, 2.45) is 0 Å². The molecule has 2 heterocycles. The van der Waals surface area contributed by atoms with Crippen molar-refractivity contribution < 1.29 is 19.4 Å². The Balaban J connectivity index is 1.63. The summed E-state index contributed by atoms with van der Waals surface area (Å²) in [7, 11) is 0. The van der Waals surface area contributed by atoms with Gasteiger partial charge >= 0.3 is 12.0 Å². The molecule has 1 saturated heterocycles. The van der Waals surface area contributed by atoms with Crippen LogP contribution in [0.2, 0.25) is 0 Å². The van der Waals surface area contributed by atoms with E-state index in [0.29, 0.717) is 19.6 Å². The average Bonchev–Trinajstić information content (AvgIpc) is 2.98. The van der Waals surface area contributed by atoms with Crippen LogP contribution in [-0.4, -0.2) is 47.8 Å². The number of piperidine rings is 1. The summed E-state index contributed by atoms with van der Waals surface area (Å²) in [6, 6.07) is 3.91. The third kappa shape index (κ3) is 5.35. The molecule has 7 heteroatoms. The van der Waals surface area contributed by atoms with Gasteiger partial charge < -0.3 is 20.1 Å². The summed E-state index contributed by atoms with van der Waals surface area (Å²) in [6.45, 7) is 2.10. The van der Waals surface area contributed by atoms with Crippen molar-refractivity contribution in [1.29, 1.82) is 0 Å². The fourth-order valence-corrected chi connectivity index (χ4v) is 2.87. The van der Waals surface area contributed by atoms with Crippen molar-refractivity contribution in [2.75, 3.05) is 19.7 Å². The second-order valence-corrected chi connectivity index (χ2v) is 5.97. The number of carbonyl (C=O) groups is 2. The number of thiophene rings is 1. The lowest BCUT2D eigenvalue weighted by molar-refractivity contribution is -0.138. The molecule has 2 N–H and O–H groups in total. The van der Waals surface area contributed by atoms with Gasteiger partial charge in [-0.25, -0.2) is 4.79 Å². The van der Waals surface area contributed by atoms with E-state index in [9.17, 15) is 9.59 Å². The van der Waals surface area contributed by atoms with Crippen LogP contribution < -0.4 is 5.32 Å². The minimum absolute atomic E-state index is 0.0293. The number of aliphatic carboxylic acids is 1. The monoisotopic (exact) mass is 312 g/mol. The first kappa shape index (κ1) is 15.8. The van der Waals surface area contributed by atoms with Gasteiger partial charge in [0.25, 0.3) is 0 Å². The van der Waals surface area contributed by atoms with E-state index in [1.165, 1.54) is 0 Å². The Morgan fingerprint density at radius 2 is 2.19 bits per heavy atom. The molecule has 1 fully saturated rings. The zero-order valence-corrected chi connectivity index (χ0v) is 12.6. The quantitative estimate of drug-likeness (QED) is 0.841. The molecule has 2 amide bonds. The van der Waals surface area contributed by atoms with Crippen LogP contribution >= 0.6 is 11.3 Å². The molecule has 0 saturated carbocycles. The van der Waals surface area contributed by atoms with E-state index in [2.05, 4.69) is 5.32 Å². The molecule has 0 spiro atoms. The molecule has 0 aromatic carbocycles. The molecular formula is C14H20N2O4S. The standard InChI is InChI=1S/C14H20N2O4S/c17-13(18)5-8-20-11-3-6-16(7-4-11)14(19)15-10-12-2-1-9-21-12/h1-2,9,11H,3-8,10H2,(H,15,19)(H,17,18). The summed E-state index contributed by atoms with van der Waals surface area (Å²) in [4.78, 5) is 25.3. The van der Waals surface area contributed by atoms with Gasteiger partial charge in [0.05, 0.1) is 25.7 Å². The van der Waals surface area contributed by atoms with E-state index in [-0.39, 0.29) is 25.2 Å². The second kappa shape index (κ2) is 7.99. The van der Waals surface area contributed by atoms with E-state index in [1.54, 1.807) is 16.2 Å². The number of rotatable bonds is 6. The molecule has 0 unspecified atom stereocenters. The summed E-state index contributed by atoms with van der Waals surface area (Å²) >= 11 is 1.62. The summed E-state index contributed by atoms with van der Waals surface area (Å²) in [5, 5.41) is 13.4. The molecule has 6 nitrogen and oxygen atoms in total. The predicted molar refractivity (Wildman–Crippen MR) is 79.4 cm³/mol. The van der Waals surface area contributed by atoms with Crippen molar-refractivity contribution >= 4 is 23.3 Å². The topological polar surface area (TPSA) is 78.9 Å². The SMILES string of the molecule is O=C(O)CCOC1CCN(C(=O)NCc2cccs2)CC1. The summed E-state index contributed by atoms with van der Waals surface area (Å²) in [5.74, 6) is -0.847. The Morgan fingerprint density at radius 1 is 1.43 bits per heavy atom. The normalized spacial score (nSPS) is 15.9. The number of urea groups is 1. The minimum Gasteiger partial charge on any atom is -0.481 e. The number of carbonyl (C=O) groups excluding carboxylic acids is 1.